The highest BCUT2D eigenvalue weighted by molar-refractivity contribution is 5.96. The van der Waals surface area contributed by atoms with Crippen molar-refractivity contribution >= 4 is 11.6 Å². The normalized spacial score (nSPS) is 20.9. The molecule has 98 valence electrons. The molecule has 0 spiro atoms. The van der Waals surface area contributed by atoms with Gasteiger partial charge in [0.05, 0.1) is 6.61 Å². The highest BCUT2D eigenvalue weighted by atomic mass is 16.5. The summed E-state index contributed by atoms with van der Waals surface area (Å²) in [6, 6.07) is 5.86. The van der Waals surface area contributed by atoms with Crippen LogP contribution in [-0.4, -0.2) is 25.6 Å². The molecule has 1 unspecified atom stereocenters. The first kappa shape index (κ1) is 11.9. The minimum absolute atomic E-state index is 0.0944. The number of rotatable bonds is 3. The summed E-state index contributed by atoms with van der Waals surface area (Å²) in [5.74, 6) is 1.13. The van der Waals surface area contributed by atoms with Gasteiger partial charge in [0.2, 0.25) is 5.91 Å². The van der Waals surface area contributed by atoms with Crippen LogP contribution in [0.1, 0.15) is 12.0 Å². The van der Waals surface area contributed by atoms with E-state index in [0.717, 1.165) is 23.4 Å². The molecule has 0 aromatic heterocycles. The van der Waals surface area contributed by atoms with Gasteiger partial charge < -0.3 is 9.64 Å². The maximum atomic E-state index is 12.0. The van der Waals surface area contributed by atoms with Gasteiger partial charge in [0.25, 0.3) is 0 Å². The van der Waals surface area contributed by atoms with Crippen LogP contribution in [0.5, 0.6) is 5.75 Å². The number of benzene rings is 1. The molecule has 1 fully saturated rings. The van der Waals surface area contributed by atoms with E-state index in [1.54, 1.807) is 4.90 Å². The summed E-state index contributed by atoms with van der Waals surface area (Å²) < 4.78 is 5.46. The Kier molecular flexibility index (Phi) is 3.01. The number of amides is 1. The molecule has 0 bridgehead atoms. The predicted octanol–water partition coefficient (Wildman–Crippen LogP) is 2.28. The fraction of sp³-hybridized carbons (Fsp3) is 0.462. The Bertz CT molecular complexity index is 566. The van der Waals surface area contributed by atoms with E-state index in [9.17, 15) is 4.79 Å². The maximum Gasteiger partial charge on any atom is 0.227 e. The molecule has 0 radical (unpaired) electrons. The number of hydrogen-bond acceptors (Lipinski definition) is 3. The number of anilines is 1. The molecule has 0 N–H and O–H groups in total. The molecule has 2 heterocycles. The van der Waals surface area contributed by atoms with E-state index in [-0.39, 0.29) is 11.8 Å². The molecule has 1 amide bonds. The van der Waals surface area contributed by atoms with Crippen molar-refractivity contribution in [3.05, 3.63) is 34.2 Å². The van der Waals surface area contributed by atoms with Crippen LogP contribution in [0, 0.1) is 5.92 Å². The van der Waals surface area contributed by atoms with Crippen molar-refractivity contribution in [1.29, 1.82) is 0 Å². The van der Waals surface area contributed by atoms with Gasteiger partial charge in [-0.05, 0) is 35.2 Å². The summed E-state index contributed by atoms with van der Waals surface area (Å²) in [6.07, 6.45) is 1.35. The number of nitrogens with zero attached hydrogens (tertiary/aromatic N) is 4. The Morgan fingerprint density at radius 1 is 1.53 bits per heavy atom. The molecule has 6 heteroatoms. The van der Waals surface area contributed by atoms with Gasteiger partial charge in [-0.15, -0.1) is 0 Å². The van der Waals surface area contributed by atoms with Crippen LogP contribution in [0.4, 0.5) is 5.69 Å². The zero-order chi connectivity index (χ0) is 13.2. The van der Waals surface area contributed by atoms with Crippen LogP contribution in [0.3, 0.4) is 0 Å². The van der Waals surface area contributed by atoms with Crippen molar-refractivity contribution < 1.29 is 9.53 Å². The van der Waals surface area contributed by atoms with E-state index in [4.69, 9.17) is 10.3 Å². The predicted molar refractivity (Wildman–Crippen MR) is 70.1 cm³/mol. The lowest BCUT2D eigenvalue weighted by Gasteiger charge is -2.17. The van der Waals surface area contributed by atoms with Crippen LogP contribution in [0.15, 0.2) is 23.3 Å². The lowest BCUT2D eigenvalue weighted by atomic mass is 10.1. The second kappa shape index (κ2) is 4.82. The quantitative estimate of drug-likeness (QED) is 0.473. The number of azide groups is 1. The van der Waals surface area contributed by atoms with E-state index in [1.807, 2.05) is 18.2 Å². The van der Waals surface area contributed by atoms with E-state index in [2.05, 4.69) is 10.0 Å². The second-order valence-corrected chi connectivity index (χ2v) is 4.88. The molecule has 1 saturated heterocycles. The molecular formula is C13H14N4O2. The summed E-state index contributed by atoms with van der Waals surface area (Å²) in [7, 11) is 0. The molecule has 2 aliphatic rings. The van der Waals surface area contributed by atoms with Crippen LogP contribution in [0.25, 0.3) is 10.4 Å². The van der Waals surface area contributed by atoms with Crippen molar-refractivity contribution in [2.75, 3.05) is 24.6 Å². The van der Waals surface area contributed by atoms with Crippen molar-refractivity contribution in [1.82, 2.24) is 0 Å². The summed E-state index contributed by atoms with van der Waals surface area (Å²) in [5, 5.41) is 3.56. The van der Waals surface area contributed by atoms with E-state index in [0.29, 0.717) is 26.1 Å². The molecule has 6 nitrogen and oxygen atoms in total. The van der Waals surface area contributed by atoms with Crippen LogP contribution in [-0.2, 0) is 11.2 Å². The number of fused-ring (bicyclic) bond motifs is 1. The Hall–Kier alpha value is -2.20. The van der Waals surface area contributed by atoms with Crippen LogP contribution < -0.4 is 9.64 Å². The van der Waals surface area contributed by atoms with Gasteiger partial charge in [0.1, 0.15) is 5.75 Å². The first-order chi connectivity index (χ1) is 9.28. The molecule has 0 aliphatic carbocycles. The minimum atomic E-state index is 0.0944. The maximum absolute atomic E-state index is 12.0. The lowest BCUT2D eigenvalue weighted by molar-refractivity contribution is -0.117. The van der Waals surface area contributed by atoms with Gasteiger partial charge in [0, 0.05) is 36.5 Å². The Labute approximate surface area is 110 Å². The number of ether oxygens (including phenoxy) is 1. The summed E-state index contributed by atoms with van der Waals surface area (Å²) in [5.41, 5.74) is 10.4. The standard InChI is InChI=1S/C13H14N4O2/c14-16-15-7-9-5-13(18)17(8-9)11-1-2-12-10(6-11)3-4-19-12/h1-2,6,9H,3-5,7-8H2. The summed E-state index contributed by atoms with van der Waals surface area (Å²) in [4.78, 5) is 16.5. The molecule has 0 saturated carbocycles. The topological polar surface area (TPSA) is 78.3 Å². The third-order valence-corrected chi connectivity index (χ3v) is 3.59. The summed E-state index contributed by atoms with van der Waals surface area (Å²) in [6.45, 7) is 1.72. The van der Waals surface area contributed by atoms with Gasteiger partial charge in [-0.2, -0.15) is 0 Å². The summed E-state index contributed by atoms with van der Waals surface area (Å²) >= 11 is 0. The van der Waals surface area contributed by atoms with Gasteiger partial charge in [-0.1, -0.05) is 5.11 Å². The van der Waals surface area contributed by atoms with Crippen LogP contribution in [0.2, 0.25) is 0 Å². The largest absolute Gasteiger partial charge is 0.493 e. The highest BCUT2D eigenvalue weighted by Gasteiger charge is 2.30. The van der Waals surface area contributed by atoms with Gasteiger partial charge in [-0.25, -0.2) is 0 Å². The van der Waals surface area contributed by atoms with Crippen molar-refractivity contribution in [3.8, 4) is 5.75 Å². The second-order valence-electron chi connectivity index (χ2n) is 4.88. The minimum Gasteiger partial charge on any atom is -0.493 e. The average molecular weight is 258 g/mol. The number of carbonyl (C=O) groups excluding carboxylic acids is 1. The third-order valence-electron chi connectivity index (χ3n) is 3.59. The highest BCUT2D eigenvalue weighted by Crippen LogP contribution is 2.32. The van der Waals surface area contributed by atoms with E-state index >= 15 is 0 Å². The van der Waals surface area contributed by atoms with E-state index < -0.39 is 0 Å². The van der Waals surface area contributed by atoms with Crippen molar-refractivity contribution in [3.63, 3.8) is 0 Å². The first-order valence-electron chi connectivity index (χ1n) is 6.35. The van der Waals surface area contributed by atoms with E-state index in [1.165, 1.54) is 0 Å². The Balaban J connectivity index is 1.79. The van der Waals surface area contributed by atoms with Gasteiger partial charge in [0.15, 0.2) is 0 Å². The molecule has 19 heavy (non-hydrogen) atoms. The number of carbonyl (C=O) groups is 1. The molecule has 1 aromatic rings. The van der Waals surface area contributed by atoms with Crippen LogP contribution >= 0.6 is 0 Å². The van der Waals surface area contributed by atoms with Gasteiger partial charge in [-0.3, -0.25) is 4.79 Å². The number of hydrogen-bond donors (Lipinski definition) is 0. The van der Waals surface area contributed by atoms with Crippen molar-refractivity contribution in [2.24, 2.45) is 11.0 Å². The van der Waals surface area contributed by atoms with Crippen molar-refractivity contribution in [2.45, 2.75) is 12.8 Å². The third kappa shape index (κ3) is 2.22. The lowest BCUT2D eigenvalue weighted by Crippen LogP contribution is -2.24. The molecular weight excluding hydrogens is 244 g/mol. The molecule has 2 aliphatic heterocycles. The molecule has 1 aromatic carbocycles. The monoisotopic (exact) mass is 258 g/mol. The fourth-order valence-electron chi connectivity index (χ4n) is 2.65. The fourth-order valence-corrected chi connectivity index (χ4v) is 2.65. The Morgan fingerprint density at radius 2 is 2.42 bits per heavy atom. The smallest absolute Gasteiger partial charge is 0.227 e. The Morgan fingerprint density at radius 3 is 3.26 bits per heavy atom. The average Bonchev–Trinajstić information content (AvgIpc) is 3.01. The SMILES string of the molecule is [N-]=[N+]=NCC1CC(=O)N(c2ccc3c(c2)CCO3)C1. The van der Waals surface area contributed by atoms with Gasteiger partial charge >= 0.3 is 0 Å². The first-order valence-corrected chi connectivity index (χ1v) is 6.35. The molecule has 1 atom stereocenters. The zero-order valence-electron chi connectivity index (χ0n) is 10.5. The zero-order valence-corrected chi connectivity index (χ0v) is 10.5. The molecule has 3 rings (SSSR count).